The molecule has 21 heavy (non-hydrogen) atoms. The van der Waals surface area contributed by atoms with E-state index in [1.807, 2.05) is 6.92 Å². The molecule has 2 fully saturated rings. The Morgan fingerprint density at radius 2 is 2.33 bits per heavy atom. The molecule has 2 aliphatic rings. The molecule has 4 unspecified atom stereocenters. The summed E-state index contributed by atoms with van der Waals surface area (Å²) in [4.78, 5) is 16.3. The third-order valence-corrected chi connectivity index (χ3v) is 7.28. The molecule has 2 aliphatic carbocycles. The van der Waals surface area contributed by atoms with Gasteiger partial charge < -0.3 is 11.1 Å². The second-order valence-corrected chi connectivity index (χ2v) is 8.68. The Balaban J connectivity index is 1.47. The highest BCUT2D eigenvalue weighted by atomic mass is 32.2. The van der Waals surface area contributed by atoms with Gasteiger partial charge in [0.25, 0.3) is 0 Å². The van der Waals surface area contributed by atoms with Gasteiger partial charge in [-0.3, -0.25) is 4.79 Å². The Labute approximate surface area is 134 Å². The van der Waals surface area contributed by atoms with Crippen LogP contribution in [0.1, 0.15) is 38.3 Å². The van der Waals surface area contributed by atoms with Crippen molar-refractivity contribution in [1.29, 1.82) is 0 Å². The van der Waals surface area contributed by atoms with Crippen molar-refractivity contribution >= 4 is 34.1 Å². The molecule has 1 amide bonds. The van der Waals surface area contributed by atoms with Crippen LogP contribution in [0.25, 0.3) is 0 Å². The minimum absolute atomic E-state index is 0.127. The average Bonchev–Trinajstić information content (AvgIpc) is 3.12. The first kappa shape index (κ1) is 15.2. The maximum absolute atomic E-state index is 12.1. The number of nitrogens with two attached hydrogens (primary N) is 1. The van der Waals surface area contributed by atoms with Crippen molar-refractivity contribution in [1.82, 2.24) is 10.3 Å². The molecule has 1 heterocycles. The van der Waals surface area contributed by atoms with Crippen molar-refractivity contribution < 1.29 is 4.79 Å². The lowest BCUT2D eigenvalue weighted by Crippen LogP contribution is -2.40. The van der Waals surface area contributed by atoms with Crippen molar-refractivity contribution in [2.24, 2.45) is 17.8 Å². The van der Waals surface area contributed by atoms with E-state index in [1.165, 1.54) is 48.8 Å². The van der Waals surface area contributed by atoms with Gasteiger partial charge in [-0.05, 0) is 50.9 Å². The van der Waals surface area contributed by atoms with Crippen LogP contribution >= 0.6 is 23.1 Å². The van der Waals surface area contributed by atoms with Crippen molar-refractivity contribution in [2.75, 3.05) is 11.5 Å². The summed E-state index contributed by atoms with van der Waals surface area (Å²) in [7, 11) is 0. The molecule has 2 bridgehead atoms. The molecule has 0 aromatic carbocycles. The monoisotopic (exact) mass is 325 g/mol. The lowest BCUT2D eigenvalue weighted by molar-refractivity contribution is -0.119. The van der Waals surface area contributed by atoms with Gasteiger partial charge in [0, 0.05) is 6.04 Å². The van der Waals surface area contributed by atoms with Gasteiger partial charge in [0.05, 0.1) is 15.7 Å². The standard InChI is InChI=1S/C15H23N3OS2/c1-8(12-6-10-3-4-11(12)5-10)17-13(19)7-20-14-9(2)18-15(16)21-14/h8,10-12H,3-7H2,1-2H3,(H2,16,18)(H,17,19). The van der Waals surface area contributed by atoms with Gasteiger partial charge in [-0.1, -0.05) is 17.8 Å². The number of hydrogen-bond donors (Lipinski definition) is 2. The molecule has 4 atom stereocenters. The van der Waals surface area contributed by atoms with Crippen LogP contribution in [0, 0.1) is 24.7 Å². The van der Waals surface area contributed by atoms with Crippen molar-refractivity contribution in [3.05, 3.63) is 5.69 Å². The van der Waals surface area contributed by atoms with Crippen LogP contribution in [0.5, 0.6) is 0 Å². The van der Waals surface area contributed by atoms with Crippen LogP contribution in [0.15, 0.2) is 4.21 Å². The number of carbonyl (C=O) groups is 1. The first-order chi connectivity index (χ1) is 10.0. The predicted octanol–water partition coefficient (Wildman–Crippen LogP) is 3.07. The molecule has 0 aliphatic heterocycles. The van der Waals surface area contributed by atoms with E-state index in [0.29, 0.717) is 22.8 Å². The number of rotatable bonds is 5. The number of carbonyl (C=O) groups excluding carboxylic acids is 1. The smallest absolute Gasteiger partial charge is 0.230 e. The lowest BCUT2D eigenvalue weighted by Gasteiger charge is -2.28. The molecule has 6 heteroatoms. The zero-order chi connectivity index (χ0) is 15.0. The zero-order valence-electron chi connectivity index (χ0n) is 12.6. The summed E-state index contributed by atoms with van der Waals surface area (Å²) in [5.41, 5.74) is 6.60. The summed E-state index contributed by atoms with van der Waals surface area (Å²) >= 11 is 3.00. The predicted molar refractivity (Wildman–Crippen MR) is 88.5 cm³/mol. The van der Waals surface area contributed by atoms with Crippen LogP contribution in [0.3, 0.4) is 0 Å². The van der Waals surface area contributed by atoms with Crippen molar-refractivity contribution in [3.8, 4) is 0 Å². The molecule has 3 N–H and O–H groups in total. The van der Waals surface area contributed by atoms with Crippen LogP contribution in [0.2, 0.25) is 0 Å². The van der Waals surface area contributed by atoms with Crippen LogP contribution in [-0.4, -0.2) is 22.7 Å². The summed E-state index contributed by atoms with van der Waals surface area (Å²) in [6.45, 7) is 4.11. The SMILES string of the molecule is Cc1nc(N)sc1SCC(=O)NC(C)C1CC2CCC1C2. The fraction of sp³-hybridized carbons (Fsp3) is 0.733. The maximum Gasteiger partial charge on any atom is 0.230 e. The molecule has 0 radical (unpaired) electrons. The van der Waals surface area contributed by atoms with Crippen LogP contribution in [-0.2, 0) is 4.79 Å². The number of fused-ring (bicyclic) bond motifs is 2. The molecule has 116 valence electrons. The first-order valence-electron chi connectivity index (χ1n) is 7.68. The van der Waals surface area contributed by atoms with E-state index >= 15 is 0 Å². The number of aryl methyl sites for hydroxylation is 1. The molecular formula is C15H23N3OS2. The Morgan fingerprint density at radius 3 is 2.90 bits per heavy atom. The quantitative estimate of drug-likeness (QED) is 0.817. The van der Waals surface area contributed by atoms with E-state index in [-0.39, 0.29) is 5.91 Å². The Kier molecular flexibility index (Phi) is 4.45. The van der Waals surface area contributed by atoms with Gasteiger partial charge >= 0.3 is 0 Å². The Bertz CT molecular complexity index is 531. The Hall–Kier alpha value is -0.750. The number of nitrogens with zero attached hydrogens (tertiary/aromatic N) is 1. The number of thioether (sulfide) groups is 1. The highest BCUT2D eigenvalue weighted by Crippen LogP contribution is 2.49. The summed E-state index contributed by atoms with van der Waals surface area (Å²) < 4.78 is 1.05. The number of amides is 1. The number of thiazole rings is 1. The largest absolute Gasteiger partial charge is 0.375 e. The minimum atomic E-state index is 0.127. The van der Waals surface area contributed by atoms with Crippen LogP contribution in [0.4, 0.5) is 5.13 Å². The molecular weight excluding hydrogens is 302 g/mol. The fourth-order valence-corrected chi connectivity index (χ4v) is 5.81. The zero-order valence-corrected chi connectivity index (χ0v) is 14.2. The fourth-order valence-electron chi connectivity index (χ4n) is 3.98. The van der Waals surface area contributed by atoms with E-state index in [0.717, 1.165) is 21.7 Å². The second kappa shape index (κ2) is 6.16. The average molecular weight is 326 g/mol. The second-order valence-electron chi connectivity index (χ2n) is 6.41. The van der Waals surface area contributed by atoms with Gasteiger partial charge in [0.15, 0.2) is 5.13 Å². The van der Waals surface area contributed by atoms with E-state index < -0.39 is 0 Å². The minimum Gasteiger partial charge on any atom is -0.375 e. The van der Waals surface area contributed by atoms with Crippen molar-refractivity contribution in [3.63, 3.8) is 0 Å². The normalized spacial score (nSPS) is 28.8. The number of aromatic nitrogens is 1. The van der Waals surface area contributed by atoms with E-state index in [2.05, 4.69) is 17.2 Å². The van der Waals surface area contributed by atoms with Crippen molar-refractivity contribution in [2.45, 2.75) is 49.8 Å². The number of nitrogens with one attached hydrogen (secondary N) is 1. The molecule has 2 saturated carbocycles. The van der Waals surface area contributed by atoms with Gasteiger partial charge in [-0.15, -0.1) is 11.8 Å². The summed E-state index contributed by atoms with van der Waals surface area (Å²) in [6, 6.07) is 0.307. The maximum atomic E-state index is 12.1. The third-order valence-electron chi connectivity index (χ3n) is 4.93. The molecule has 1 aromatic rings. The van der Waals surface area contributed by atoms with Gasteiger partial charge in [0.2, 0.25) is 5.91 Å². The molecule has 1 aromatic heterocycles. The highest BCUT2D eigenvalue weighted by Gasteiger charge is 2.42. The molecule has 0 saturated heterocycles. The van der Waals surface area contributed by atoms with Gasteiger partial charge in [0.1, 0.15) is 0 Å². The number of nitrogen functional groups attached to an aromatic ring is 1. The molecule has 3 rings (SSSR count). The van der Waals surface area contributed by atoms with Crippen LogP contribution < -0.4 is 11.1 Å². The summed E-state index contributed by atoms with van der Waals surface area (Å²) in [6.07, 6.45) is 5.47. The highest BCUT2D eigenvalue weighted by molar-refractivity contribution is 8.01. The topological polar surface area (TPSA) is 68.0 Å². The number of anilines is 1. The van der Waals surface area contributed by atoms with E-state index in [1.54, 1.807) is 0 Å². The van der Waals surface area contributed by atoms with Gasteiger partial charge in [-0.25, -0.2) is 4.98 Å². The first-order valence-corrected chi connectivity index (χ1v) is 9.48. The summed E-state index contributed by atoms with van der Waals surface area (Å²) in [5.74, 6) is 3.05. The number of hydrogen-bond acceptors (Lipinski definition) is 5. The lowest BCUT2D eigenvalue weighted by atomic mass is 9.84. The van der Waals surface area contributed by atoms with Gasteiger partial charge in [-0.2, -0.15) is 0 Å². The van der Waals surface area contributed by atoms with E-state index in [9.17, 15) is 4.79 Å². The molecule has 4 nitrogen and oxygen atoms in total. The van der Waals surface area contributed by atoms with E-state index in [4.69, 9.17) is 5.73 Å². The molecule has 0 spiro atoms. The third kappa shape index (κ3) is 3.37. The summed E-state index contributed by atoms with van der Waals surface area (Å²) in [5, 5.41) is 3.77. The Morgan fingerprint density at radius 1 is 1.52 bits per heavy atom.